The summed E-state index contributed by atoms with van der Waals surface area (Å²) in [5, 5.41) is 0. The molecule has 0 aromatic heterocycles. The number of phosphoric ester groups is 1. The zero-order valence-electron chi connectivity index (χ0n) is 10.1. The van der Waals surface area contributed by atoms with E-state index >= 15 is 0 Å². The van der Waals surface area contributed by atoms with Gasteiger partial charge in [-0.2, -0.15) is 0 Å². The molecule has 112 valence electrons. The number of hydrogen-bond donors (Lipinski definition) is 1. The molecular formula is C12H7F4O4P. The molecule has 1 N–H and O–H groups in total. The molecule has 0 unspecified atom stereocenters. The molecule has 0 aliphatic heterocycles. The monoisotopic (exact) mass is 322 g/mol. The fourth-order valence-electron chi connectivity index (χ4n) is 1.39. The molecule has 0 bridgehead atoms. The van der Waals surface area contributed by atoms with Gasteiger partial charge in [0.05, 0.1) is 0 Å². The third-order valence-corrected chi connectivity index (χ3v) is 3.08. The number of hydrogen-bond acceptors (Lipinski definition) is 3. The maximum atomic E-state index is 13.3. The summed E-state index contributed by atoms with van der Waals surface area (Å²) in [7, 11) is -5.20. The van der Waals surface area contributed by atoms with Gasteiger partial charge in [0.15, 0.2) is 23.3 Å². The first-order valence-corrected chi connectivity index (χ1v) is 6.90. The summed E-state index contributed by atoms with van der Waals surface area (Å²) in [4.78, 5) is 9.36. The predicted octanol–water partition coefficient (Wildman–Crippen LogP) is 3.80. The van der Waals surface area contributed by atoms with Gasteiger partial charge in [-0.1, -0.05) is 12.1 Å². The molecule has 21 heavy (non-hydrogen) atoms. The third kappa shape index (κ3) is 3.53. The van der Waals surface area contributed by atoms with Gasteiger partial charge in [-0.15, -0.1) is 0 Å². The number of benzene rings is 2. The van der Waals surface area contributed by atoms with Gasteiger partial charge in [-0.25, -0.2) is 22.1 Å². The molecule has 4 nitrogen and oxygen atoms in total. The lowest BCUT2D eigenvalue weighted by Gasteiger charge is -2.15. The summed E-state index contributed by atoms with van der Waals surface area (Å²) in [6.07, 6.45) is 0. The van der Waals surface area contributed by atoms with Gasteiger partial charge >= 0.3 is 7.82 Å². The van der Waals surface area contributed by atoms with Crippen LogP contribution >= 0.6 is 7.82 Å². The summed E-state index contributed by atoms with van der Waals surface area (Å²) in [6.45, 7) is 0. The SMILES string of the molecule is O=P(O)(Oc1c(F)cccc1F)Oc1c(F)cccc1F. The first-order chi connectivity index (χ1) is 9.80. The van der Waals surface area contributed by atoms with Crippen LogP contribution in [0.1, 0.15) is 0 Å². The van der Waals surface area contributed by atoms with Crippen molar-refractivity contribution >= 4 is 7.82 Å². The maximum absolute atomic E-state index is 13.3. The van der Waals surface area contributed by atoms with Gasteiger partial charge in [-0.3, -0.25) is 4.89 Å². The van der Waals surface area contributed by atoms with Crippen molar-refractivity contribution in [2.45, 2.75) is 0 Å². The molecule has 0 aliphatic rings. The Bertz CT molecular complexity index is 624. The Morgan fingerprint density at radius 2 is 1.05 bits per heavy atom. The van der Waals surface area contributed by atoms with Crippen molar-refractivity contribution in [3.63, 3.8) is 0 Å². The van der Waals surface area contributed by atoms with Crippen LogP contribution in [0.2, 0.25) is 0 Å². The average Bonchev–Trinajstić information content (AvgIpc) is 2.39. The highest BCUT2D eigenvalue weighted by Gasteiger charge is 2.31. The molecule has 2 aromatic rings. The average molecular weight is 322 g/mol. The lowest BCUT2D eigenvalue weighted by molar-refractivity contribution is 0.270. The zero-order valence-corrected chi connectivity index (χ0v) is 11.0. The van der Waals surface area contributed by atoms with Gasteiger partial charge in [-0.05, 0) is 24.3 Å². The van der Waals surface area contributed by atoms with Gasteiger partial charge in [0, 0.05) is 0 Å². The Balaban J connectivity index is 2.29. The Morgan fingerprint density at radius 3 is 1.33 bits per heavy atom. The number of para-hydroxylation sites is 2. The molecule has 0 aliphatic carbocycles. The Kier molecular flexibility index (Phi) is 4.20. The second-order valence-electron chi connectivity index (χ2n) is 3.75. The standard InChI is InChI=1S/C12H7F4O4P/c13-7-3-1-4-8(14)11(7)19-21(17,18)20-12-9(15)5-2-6-10(12)16/h1-6H,(H,17,18). The van der Waals surface area contributed by atoms with E-state index < -0.39 is 42.6 Å². The van der Waals surface area contributed by atoms with Crippen LogP contribution in [0, 0.1) is 23.3 Å². The summed E-state index contributed by atoms with van der Waals surface area (Å²) in [5.74, 6) is -7.49. The number of phosphoric acid groups is 1. The molecule has 0 amide bonds. The Morgan fingerprint density at radius 1 is 0.762 bits per heavy atom. The summed E-state index contributed by atoms with van der Waals surface area (Å²) in [5.41, 5.74) is 0. The first-order valence-electron chi connectivity index (χ1n) is 5.40. The van der Waals surface area contributed by atoms with Gasteiger partial charge < -0.3 is 9.05 Å². The van der Waals surface area contributed by atoms with Crippen molar-refractivity contribution in [1.29, 1.82) is 0 Å². The lowest BCUT2D eigenvalue weighted by atomic mass is 10.3. The molecule has 0 spiro atoms. The van der Waals surface area contributed by atoms with Crippen LogP contribution in [0.25, 0.3) is 0 Å². The zero-order chi connectivity index (χ0) is 15.6. The summed E-state index contributed by atoms with van der Waals surface area (Å²) >= 11 is 0. The minimum absolute atomic E-state index is 0.766. The second-order valence-corrected chi connectivity index (χ2v) is 5.05. The van der Waals surface area contributed by atoms with E-state index in [0.29, 0.717) is 0 Å². The van der Waals surface area contributed by atoms with Crippen LogP contribution in [0.5, 0.6) is 11.5 Å². The molecule has 0 fully saturated rings. The third-order valence-electron chi connectivity index (χ3n) is 2.25. The molecule has 9 heteroatoms. The van der Waals surface area contributed by atoms with Crippen molar-refractivity contribution in [3.05, 3.63) is 59.7 Å². The minimum Gasteiger partial charge on any atom is -0.389 e. The molecule has 2 aromatic carbocycles. The van der Waals surface area contributed by atoms with E-state index in [0.717, 1.165) is 36.4 Å². The quantitative estimate of drug-likeness (QED) is 0.687. The Hall–Kier alpha value is -2.05. The molecule has 0 heterocycles. The maximum Gasteiger partial charge on any atom is 0.585 e. The van der Waals surface area contributed by atoms with Crippen LogP contribution in [-0.2, 0) is 4.57 Å². The predicted molar refractivity (Wildman–Crippen MR) is 63.8 cm³/mol. The highest BCUT2D eigenvalue weighted by molar-refractivity contribution is 7.48. The van der Waals surface area contributed by atoms with Crippen molar-refractivity contribution < 1.29 is 36.1 Å². The van der Waals surface area contributed by atoms with Gasteiger partial charge in [0.25, 0.3) is 0 Å². The van der Waals surface area contributed by atoms with Crippen molar-refractivity contribution in [3.8, 4) is 11.5 Å². The molecular weight excluding hydrogens is 315 g/mol. The van der Waals surface area contributed by atoms with Crippen molar-refractivity contribution in [2.75, 3.05) is 0 Å². The van der Waals surface area contributed by atoms with Gasteiger partial charge in [0.2, 0.25) is 11.5 Å². The molecule has 0 saturated heterocycles. The second kappa shape index (κ2) is 5.75. The summed E-state index contributed by atoms with van der Waals surface area (Å²) in [6, 6.07) is 5.06. The fourth-order valence-corrected chi connectivity index (χ4v) is 2.24. The number of halogens is 4. The van der Waals surface area contributed by atoms with Gasteiger partial charge in [0.1, 0.15) is 0 Å². The lowest BCUT2D eigenvalue weighted by Crippen LogP contribution is -2.05. The Labute approximate surface area is 116 Å². The smallest absolute Gasteiger partial charge is 0.389 e. The van der Waals surface area contributed by atoms with E-state index in [1.807, 2.05) is 0 Å². The minimum atomic E-state index is -5.20. The van der Waals surface area contributed by atoms with Crippen molar-refractivity contribution in [2.24, 2.45) is 0 Å². The summed E-state index contributed by atoms with van der Waals surface area (Å²) < 4.78 is 73.1. The highest BCUT2D eigenvalue weighted by atomic mass is 31.2. The molecule has 0 radical (unpaired) electrons. The first kappa shape index (κ1) is 15.3. The molecule has 0 saturated carbocycles. The van der Waals surface area contributed by atoms with E-state index in [-0.39, 0.29) is 0 Å². The fraction of sp³-hybridized carbons (Fsp3) is 0. The van der Waals surface area contributed by atoms with E-state index in [2.05, 4.69) is 9.05 Å². The molecule has 2 rings (SSSR count). The van der Waals surface area contributed by atoms with Crippen LogP contribution in [0.4, 0.5) is 17.6 Å². The topological polar surface area (TPSA) is 55.8 Å². The van der Waals surface area contributed by atoms with E-state index in [9.17, 15) is 27.0 Å². The van der Waals surface area contributed by atoms with E-state index in [1.165, 1.54) is 0 Å². The highest BCUT2D eigenvalue weighted by Crippen LogP contribution is 2.46. The molecule has 0 atom stereocenters. The number of rotatable bonds is 4. The van der Waals surface area contributed by atoms with E-state index in [1.54, 1.807) is 0 Å². The normalized spacial score (nSPS) is 11.3. The largest absolute Gasteiger partial charge is 0.585 e. The van der Waals surface area contributed by atoms with Crippen LogP contribution < -0.4 is 9.05 Å². The van der Waals surface area contributed by atoms with Crippen molar-refractivity contribution in [1.82, 2.24) is 0 Å². The van der Waals surface area contributed by atoms with Crippen LogP contribution in [-0.4, -0.2) is 4.89 Å². The van der Waals surface area contributed by atoms with E-state index in [4.69, 9.17) is 0 Å². The van der Waals surface area contributed by atoms with Crippen LogP contribution in [0.15, 0.2) is 36.4 Å². The van der Waals surface area contributed by atoms with Crippen LogP contribution in [0.3, 0.4) is 0 Å².